The zero-order valence-electron chi connectivity index (χ0n) is 13.1. The molecule has 0 aliphatic rings. The highest BCUT2D eigenvalue weighted by atomic mass is 32.2. The highest BCUT2D eigenvalue weighted by molar-refractivity contribution is 7.89. The van der Waals surface area contributed by atoms with Crippen LogP contribution < -0.4 is 10.0 Å². The highest BCUT2D eigenvalue weighted by Gasteiger charge is 2.13. The fourth-order valence-electron chi connectivity index (χ4n) is 1.75. The molecule has 0 saturated heterocycles. The number of hydrogen-bond acceptors (Lipinski definition) is 4. The van der Waals surface area contributed by atoms with Crippen LogP contribution in [0.15, 0.2) is 29.2 Å². The van der Waals surface area contributed by atoms with E-state index in [4.69, 9.17) is 4.74 Å². The van der Waals surface area contributed by atoms with E-state index in [-0.39, 0.29) is 0 Å². The van der Waals surface area contributed by atoms with E-state index in [1.165, 1.54) is 0 Å². The van der Waals surface area contributed by atoms with Crippen LogP contribution in [0.2, 0.25) is 0 Å². The van der Waals surface area contributed by atoms with Crippen LogP contribution in [0.25, 0.3) is 0 Å². The maximum absolute atomic E-state index is 12.2. The van der Waals surface area contributed by atoms with Gasteiger partial charge in [-0.1, -0.05) is 26.0 Å². The second-order valence-electron chi connectivity index (χ2n) is 5.13. The van der Waals surface area contributed by atoms with Gasteiger partial charge in [-0.15, -0.1) is 0 Å². The fraction of sp³-hybridized carbons (Fsp3) is 0.600. The largest absolute Gasteiger partial charge is 0.382 e. The topological polar surface area (TPSA) is 67.4 Å². The third-order valence-electron chi connectivity index (χ3n) is 2.88. The van der Waals surface area contributed by atoms with Crippen LogP contribution in [0.3, 0.4) is 0 Å². The van der Waals surface area contributed by atoms with Gasteiger partial charge in [-0.25, -0.2) is 13.1 Å². The minimum Gasteiger partial charge on any atom is -0.382 e. The summed E-state index contributed by atoms with van der Waals surface area (Å²) in [6, 6.07) is 7.38. The van der Waals surface area contributed by atoms with Crippen LogP contribution in [0.5, 0.6) is 0 Å². The lowest BCUT2D eigenvalue weighted by molar-refractivity contribution is 0.146. The maximum atomic E-state index is 12.2. The molecule has 0 unspecified atom stereocenters. The average molecular weight is 314 g/mol. The van der Waals surface area contributed by atoms with E-state index in [0.29, 0.717) is 43.7 Å². The molecule has 0 aliphatic carbocycles. The minimum atomic E-state index is -3.44. The molecule has 0 aliphatic heterocycles. The van der Waals surface area contributed by atoms with E-state index in [2.05, 4.69) is 23.9 Å². The Bertz CT molecular complexity index is 515. The summed E-state index contributed by atoms with van der Waals surface area (Å²) in [5.74, 6) is 0. The van der Waals surface area contributed by atoms with E-state index >= 15 is 0 Å². The molecule has 1 aromatic rings. The Hall–Kier alpha value is -0.950. The van der Waals surface area contributed by atoms with Gasteiger partial charge in [0.15, 0.2) is 0 Å². The summed E-state index contributed by atoms with van der Waals surface area (Å²) in [6.45, 7) is 8.29. The van der Waals surface area contributed by atoms with Crippen molar-refractivity contribution in [2.45, 2.75) is 44.7 Å². The molecule has 21 heavy (non-hydrogen) atoms. The number of benzene rings is 1. The average Bonchev–Trinajstić information content (AvgIpc) is 2.45. The molecular weight excluding hydrogens is 288 g/mol. The Morgan fingerprint density at radius 2 is 2.05 bits per heavy atom. The van der Waals surface area contributed by atoms with Gasteiger partial charge in [-0.3, -0.25) is 0 Å². The standard InChI is InChI=1S/C15H26N2O3S/c1-4-20-10-6-9-17-21(18,19)15-8-5-7-14(11-15)12-16-13(2)3/h5,7-8,11,13,16-17H,4,6,9-10,12H2,1-3H3. The Kier molecular flexibility index (Phi) is 7.88. The van der Waals surface area contributed by atoms with Crippen molar-refractivity contribution in [1.82, 2.24) is 10.0 Å². The second kappa shape index (κ2) is 9.15. The highest BCUT2D eigenvalue weighted by Crippen LogP contribution is 2.11. The molecule has 1 aromatic carbocycles. The smallest absolute Gasteiger partial charge is 0.240 e. The van der Waals surface area contributed by atoms with Crippen molar-refractivity contribution in [3.63, 3.8) is 0 Å². The first-order valence-corrected chi connectivity index (χ1v) is 8.83. The Labute approximate surface area is 128 Å². The summed E-state index contributed by atoms with van der Waals surface area (Å²) in [5.41, 5.74) is 0.959. The molecule has 0 radical (unpaired) electrons. The summed E-state index contributed by atoms with van der Waals surface area (Å²) in [5, 5.41) is 3.28. The van der Waals surface area contributed by atoms with Crippen molar-refractivity contribution >= 4 is 10.0 Å². The molecule has 120 valence electrons. The molecule has 0 saturated carbocycles. The first-order chi connectivity index (χ1) is 9.95. The van der Waals surface area contributed by atoms with E-state index < -0.39 is 10.0 Å². The predicted octanol–water partition coefficient (Wildman–Crippen LogP) is 1.89. The molecule has 0 amide bonds. The second-order valence-corrected chi connectivity index (χ2v) is 6.90. The van der Waals surface area contributed by atoms with E-state index in [9.17, 15) is 8.42 Å². The molecule has 6 heteroatoms. The number of hydrogen-bond donors (Lipinski definition) is 2. The van der Waals surface area contributed by atoms with Crippen LogP contribution in [0.4, 0.5) is 0 Å². The number of sulfonamides is 1. The molecule has 0 bridgehead atoms. The van der Waals surface area contributed by atoms with Gasteiger partial charge in [-0.05, 0) is 31.0 Å². The van der Waals surface area contributed by atoms with Gasteiger partial charge < -0.3 is 10.1 Å². The first-order valence-electron chi connectivity index (χ1n) is 7.35. The lowest BCUT2D eigenvalue weighted by Gasteiger charge is -2.10. The minimum absolute atomic E-state index is 0.307. The van der Waals surface area contributed by atoms with Gasteiger partial charge in [0, 0.05) is 32.3 Å². The van der Waals surface area contributed by atoms with Crippen molar-refractivity contribution in [1.29, 1.82) is 0 Å². The zero-order valence-corrected chi connectivity index (χ0v) is 13.9. The Balaban J connectivity index is 2.59. The van der Waals surface area contributed by atoms with Crippen molar-refractivity contribution in [2.24, 2.45) is 0 Å². The first kappa shape index (κ1) is 18.1. The monoisotopic (exact) mass is 314 g/mol. The summed E-state index contributed by atoms with van der Waals surface area (Å²) in [4.78, 5) is 0.307. The maximum Gasteiger partial charge on any atom is 0.240 e. The van der Waals surface area contributed by atoms with E-state index in [1.54, 1.807) is 18.2 Å². The van der Waals surface area contributed by atoms with Gasteiger partial charge >= 0.3 is 0 Å². The molecule has 0 spiro atoms. The van der Waals surface area contributed by atoms with Crippen LogP contribution in [-0.4, -0.2) is 34.2 Å². The van der Waals surface area contributed by atoms with Gasteiger partial charge in [-0.2, -0.15) is 0 Å². The normalized spacial score (nSPS) is 12.0. The van der Waals surface area contributed by atoms with Gasteiger partial charge in [0.1, 0.15) is 0 Å². The molecule has 0 fully saturated rings. The molecule has 5 nitrogen and oxygen atoms in total. The third-order valence-corrected chi connectivity index (χ3v) is 4.34. The van der Waals surface area contributed by atoms with Gasteiger partial charge in [0.25, 0.3) is 0 Å². The molecule has 0 atom stereocenters. The van der Waals surface area contributed by atoms with Gasteiger partial charge in [0.05, 0.1) is 4.90 Å². The van der Waals surface area contributed by atoms with E-state index in [1.807, 2.05) is 13.0 Å². The number of rotatable bonds is 10. The fourth-order valence-corrected chi connectivity index (χ4v) is 2.90. The van der Waals surface area contributed by atoms with Crippen molar-refractivity contribution in [3.8, 4) is 0 Å². The molecule has 0 aromatic heterocycles. The van der Waals surface area contributed by atoms with Gasteiger partial charge in [0.2, 0.25) is 10.0 Å². The van der Waals surface area contributed by atoms with Crippen molar-refractivity contribution in [3.05, 3.63) is 29.8 Å². The lowest BCUT2D eigenvalue weighted by atomic mass is 10.2. The van der Waals surface area contributed by atoms with E-state index in [0.717, 1.165) is 5.56 Å². The zero-order chi connectivity index (χ0) is 15.7. The SMILES string of the molecule is CCOCCCNS(=O)(=O)c1cccc(CNC(C)C)c1. The molecular formula is C15H26N2O3S. The molecule has 0 heterocycles. The number of nitrogens with one attached hydrogen (secondary N) is 2. The van der Waals surface area contributed by atoms with Crippen molar-refractivity contribution < 1.29 is 13.2 Å². The lowest BCUT2D eigenvalue weighted by Crippen LogP contribution is -2.26. The van der Waals surface area contributed by atoms with Crippen LogP contribution in [0, 0.1) is 0 Å². The summed E-state index contributed by atoms with van der Waals surface area (Å²) in [7, 11) is -3.44. The van der Waals surface area contributed by atoms with Crippen LogP contribution in [0.1, 0.15) is 32.8 Å². The van der Waals surface area contributed by atoms with Crippen LogP contribution in [-0.2, 0) is 21.3 Å². The summed E-state index contributed by atoms with van der Waals surface area (Å²) in [6.07, 6.45) is 0.668. The Morgan fingerprint density at radius 3 is 2.71 bits per heavy atom. The van der Waals surface area contributed by atoms with Crippen LogP contribution >= 0.6 is 0 Å². The molecule has 1 rings (SSSR count). The quantitative estimate of drug-likeness (QED) is 0.647. The molecule has 2 N–H and O–H groups in total. The predicted molar refractivity (Wildman–Crippen MR) is 84.7 cm³/mol. The third kappa shape index (κ3) is 7.04. The number of ether oxygens (including phenoxy) is 1. The Morgan fingerprint density at radius 1 is 1.29 bits per heavy atom. The summed E-state index contributed by atoms with van der Waals surface area (Å²) < 4.78 is 32.1. The summed E-state index contributed by atoms with van der Waals surface area (Å²) >= 11 is 0. The van der Waals surface area contributed by atoms with Crippen molar-refractivity contribution in [2.75, 3.05) is 19.8 Å².